The minimum Gasteiger partial charge on any atom is -0.497 e. The van der Waals surface area contributed by atoms with Gasteiger partial charge in [-0.25, -0.2) is 4.68 Å². The molecule has 0 spiro atoms. The summed E-state index contributed by atoms with van der Waals surface area (Å²) in [6.07, 6.45) is 1.38. The molecule has 8 nitrogen and oxygen atoms in total. The Hall–Kier alpha value is -2.64. The van der Waals surface area contributed by atoms with Crippen LogP contribution >= 0.6 is 0 Å². The van der Waals surface area contributed by atoms with Crippen LogP contribution in [0.25, 0.3) is 0 Å². The number of benzene rings is 1. The maximum atomic E-state index is 11.5. The van der Waals surface area contributed by atoms with Crippen LogP contribution in [0.3, 0.4) is 0 Å². The Morgan fingerprint density at radius 1 is 1.30 bits per heavy atom. The van der Waals surface area contributed by atoms with Crippen molar-refractivity contribution < 1.29 is 14.3 Å². The topological polar surface area (TPSA) is 91.2 Å². The lowest BCUT2D eigenvalue weighted by molar-refractivity contribution is -0.121. The van der Waals surface area contributed by atoms with Gasteiger partial charge in [0.2, 0.25) is 5.91 Å². The van der Waals surface area contributed by atoms with Crippen LogP contribution in [-0.2, 0) is 11.3 Å². The number of hydrogen-bond acceptors (Lipinski definition) is 6. The molecule has 0 saturated carbocycles. The quantitative estimate of drug-likeness (QED) is 0.709. The average Bonchev–Trinajstić information content (AvgIpc) is 2.97. The van der Waals surface area contributed by atoms with Crippen LogP contribution in [0.1, 0.15) is 0 Å². The first-order valence-electron chi connectivity index (χ1n) is 6.02. The van der Waals surface area contributed by atoms with Crippen LogP contribution < -0.4 is 14.8 Å². The highest BCUT2D eigenvalue weighted by Crippen LogP contribution is 2.16. The molecule has 1 aromatic heterocycles. The maximum Gasteiger partial charge on any atom is 0.241 e. The van der Waals surface area contributed by atoms with E-state index in [0.717, 1.165) is 11.5 Å². The van der Waals surface area contributed by atoms with Crippen molar-refractivity contribution in [2.45, 2.75) is 6.54 Å². The van der Waals surface area contributed by atoms with Crippen molar-refractivity contribution in [3.63, 3.8) is 0 Å². The molecule has 106 valence electrons. The Morgan fingerprint density at radius 2 is 2.05 bits per heavy atom. The van der Waals surface area contributed by atoms with Gasteiger partial charge in [-0.15, -0.1) is 5.10 Å². The first-order chi connectivity index (χ1) is 9.78. The lowest BCUT2D eigenvalue weighted by atomic mass is 10.3. The molecule has 8 heteroatoms. The number of amides is 1. The third-order valence-electron chi connectivity index (χ3n) is 2.45. The second-order valence-electron chi connectivity index (χ2n) is 3.88. The van der Waals surface area contributed by atoms with Crippen molar-refractivity contribution in [3.05, 3.63) is 30.6 Å². The third kappa shape index (κ3) is 4.23. The van der Waals surface area contributed by atoms with Crippen LogP contribution in [0.15, 0.2) is 30.6 Å². The lowest BCUT2D eigenvalue weighted by Crippen LogP contribution is -2.31. The molecule has 0 aliphatic rings. The summed E-state index contributed by atoms with van der Waals surface area (Å²) in [6.45, 7) is 0.885. The molecule has 1 amide bonds. The van der Waals surface area contributed by atoms with Gasteiger partial charge in [-0.1, -0.05) is 0 Å². The van der Waals surface area contributed by atoms with Crippen molar-refractivity contribution in [2.24, 2.45) is 0 Å². The van der Waals surface area contributed by atoms with Crippen molar-refractivity contribution in [1.82, 2.24) is 25.5 Å². The lowest BCUT2D eigenvalue weighted by Gasteiger charge is -2.08. The third-order valence-corrected chi connectivity index (χ3v) is 2.45. The second-order valence-corrected chi connectivity index (χ2v) is 3.88. The molecule has 0 bridgehead atoms. The molecule has 1 heterocycles. The molecule has 1 N–H and O–H groups in total. The Balaban J connectivity index is 1.64. The van der Waals surface area contributed by atoms with Gasteiger partial charge in [-0.3, -0.25) is 4.79 Å². The van der Waals surface area contributed by atoms with Gasteiger partial charge in [0.15, 0.2) is 0 Å². The largest absolute Gasteiger partial charge is 0.497 e. The molecular weight excluding hydrogens is 262 g/mol. The molecule has 2 aromatic rings. The predicted molar refractivity (Wildman–Crippen MR) is 69.3 cm³/mol. The van der Waals surface area contributed by atoms with Crippen LogP contribution in [0.2, 0.25) is 0 Å². The van der Waals surface area contributed by atoms with Crippen LogP contribution in [0.4, 0.5) is 0 Å². The van der Waals surface area contributed by atoms with Gasteiger partial charge in [0, 0.05) is 0 Å². The van der Waals surface area contributed by atoms with Gasteiger partial charge < -0.3 is 14.8 Å². The smallest absolute Gasteiger partial charge is 0.241 e. The number of nitrogens with one attached hydrogen (secondary N) is 1. The molecule has 1 aromatic carbocycles. The molecule has 0 aliphatic heterocycles. The zero-order valence-electron chi connectivity index (χ0n) is 11.0. The summed E-state index contributed by atoms with van der Waals surface area (Å²) in [6, 6.07) is 7.24. The van der Waals surface area contributed by atoms with Gasteiger partial charge in [0.05, 0.1) is 13.7 Å². The number of ether oxygens (including phenoxy) is 2. The summed E-state index contributed by atoms with van der Waals surface area (Å²) in [5.74, 6) is 1.32. The standard InChI is InChI=1S/C12H15N5O3/c1-19-10-2-4-11(5-3-10)20-7-6-13-12(18)8-17-9-14-15-16-17/h2-5,9H,6-8H2,1H3,(H,13,18). The number of hydrogen-bond donors (Lipinski definition) is 1. The molecule has 2 rings (SSSR count). The number of methoxy groups -OCH3 is 1. The van der Waals surface area contributed by atoms with E-state index >= 15 is 0 Å². The fourth-order valence-electron chi connectivity index (χ4n) is 1.49. The van der Waals surface area contributed by atoms with E-state index in [0.29, 0.717) is 13.2 Å². The minimum absolute atomic E-state index is 0.0928. The number of tetrazole rings is 1. The predicted octanol–water partition coefficient (Wildman–Crippen LogP) is -0.123. The minimum atomic E-state index is -0.171. The van der Waals surface area contributed by atoms with E-state index in [9.17, 15) is 4.79 Å². The monoisotopic (exact) mass is 277 g/mol. The van der Waals surface area contributed by atoms with E-state index < -0.39 is 0 Å². The van der Waals surface area contributed by atoms with Gasteiger partial charge in [0.1, 0.15) is 31.0 Å². The van der Waals surface area contributed by atoms with E-state index in [1.54, 1.807) is 7.11 Å². The number of carbonyl (C=O) groups excluding carboxylic acids is 1. The molecule has 0 radical (unpaired) electrons. The summed E-state index contributed by atoms with van der Waals surface area (Å²) in [5, 5.41) is 13.2. The molecule has 0 fully saturated rings. The SMILES string of the molecule is COc1ccc(OCCNC(=O)Cn2cnnn2)cc1. The summed E-state index contributed by atoms with van der Waals surface area (Å²) in [7, 11) is 1.61. The highest BCUT2D eigenvalue weighted by molar-refractivity contribution is 5.75. The summed E-state index contributed by atoms with van der Waals surface area (Å²) < 4.78 is 11.9. The fourth-order valence-corrected chi connectivity index (χ4v) is 1.49. The summed E-state index contributed by atoms with van der Waals surface area (Å²) >= 11 is 0. The Labute approximate surface area is 115 Å². The van der Waals surface area contributed by atoms with Gasteiger partial charge in [-0.05, 0) is 34.7 Å². The van der Waals surface area contributed by atoms with E-state index in [2.05, 4.69) is 20.8 Å². The average molecular weight is 277 g/mol. The van der Waals surface area contributed by atoms with Crippen molar-refractivity contribution >= 4 is 5.91 Å². The van der Waals surface area contributed by atoms with Crippen LogP contribution in [0.5, 0.6) is 11.5 Å². The van der Waals surface area contributed by atoms with Gasteiger partial charge in [0.25, 0.3) is 0 Å². The summed E-state index contributed by atoms with van der Waals surface area (Å²) in [4.78, 5) is 11.5. The zero-order chi connectivity index (χ0) is 14.2. The first-order valence-corrected chi connectivity index (χ1v) is 6.02. The van der Waals surface area contributed by atoms with E-state index in [1.165, 1.54) is 11.0 Å². The van der Waals surface area contributed by atoms with Crippen LogP contribution in [0, 0.1) is 0 Å². The molecular formula is C12H15N5O3. The number of carbonyl (C=O) groups is 1. The van der Waals surface area contributed by atoms with E-state index in [-0.39, 0.29) is 12.5 Å². The maximum absolute atomic E-state index is 11.5. The molecule has 0 saturated heterocycles. The van der Waals surface area contributed by atoms with Gasteiger partial charge in [-0.2, -0.15) is 0 Å². The normalized spacial score (nSPS) is 10.1. The van der Waals surface area contributed by atoms with Crippen molar-refractivity contribution in [1.29, 1.82) is 0 Å². The molecule has 20 heavy (non-hydrogen) atoms. The molecule has 0 atom stereocenters. The van der Waals surface area contributed by atoms with Gasteiger partial charge >= 0.3 is 0 Å². The number of nitrogens with zero attached hydrogens (tertiary/aromatic N) is 4. The van der Waals surface area contributed by atoms with E-state index in [4.69, 9.17) is 9.47 Å². The Morgan fingerprint density at radius 3 is 2.70 bits per heavy atom. The highest BCUT2D eigenvalue weighted by atomic mass is 16.5. The van der Waals surface area contributed by atoms with E-state index in [1.807, 2.05) is 24.3 Å². The zero-order valence-corrected chi connectivity index (χ0v) is 11.0. The van der Waals surface area contributed by atoms with Crippen LogP contribution in [-0.4, -0.2) is 46.4 Å². The molecule has 0 aliphatic carbocycles. The number of rotatable bonds is 7. The second kappa shape index (κ2) is 7.07. The first kappa shape index (κ1) is 13.8. The summed E-state index contributed by atoms with van der Waals surface area (Å²) in [5.41, 5.74) is 0. The molecule has 0 unspecified atom stereocenters. The van der Waals surface area contributed by atoms with Crippen molar-refractivity contribution in [2.75, 3.05) is 20.3 Å². The number of aromatic nitrogens is 4. The van der Waals surface area contributed by atoms with Crippen molar-refractivity contribution in [3.8, 4) is 11.5 Å². The Bertz CT molecular complexity index is 527. The fraction of sp³-hybridized carbons (Fsp3) is 0.333. The highest BCUT2D eigenvalue weighted by Gasteiger charge is 2.03. The Kier molecular flexibility index (Phi) is 4.87.